The monoisotopic (exact) mass is 326 g/mol. The molecular formula is C21H26O3. The number of carbonyl (C=O) groups is 2. The Labute approximate surface area is 143 Å². The van der Waals surface area contributed by atoms with Gasteiger partial charge in [-0.25, -0.2) is 0 Å². The lowest BCUT2D eigenvalue weighted by molar-refractivity contribution is -0.150. The van der Waals surface area contributed by atoms with Gasteiger partial charge in [0, 0.05) is 10.8 Å². The van der Waals surface area contributed by atoms with E-state index in [-0.39, 0.29) is 22.4 Å². The molecule has 2 saturated carbocycles. The summed E-state index contributed by atoms with van der Waals surface area (Å²) in [5, 5.41) is 11.1. The van der Waals surface area contributed by atoms with Gasteiger partial charge in [0.1, 0.15) is 5.60 Å². The van der Waals surface area contributed by atoms with Crippen LogP contribution < -0.4 is 0 Å². The molecule has 128 valence electrons. The van der Waals surface area contributed by atoms with E-state index in [1.807, 2.05) is 6.08 Å². The van der Waals surface area contributed by atoms with Crippen molar-refractivity contribution in [2.45, 2.75) is 58.5 Å². The summed E-state index contributed by atoms with van der Waals surface area (Å²) in [4.78, 5) is 23.9. The molecule has 5 atom stereocenters. The highest BCUT2D eigenvalue weighted by molar-refractivity contribution is 6.01. The number of rotatable bonds is 1. The van der Waals surface area contributed by atoms with E-state index in [9.17, 15) is 14.7 Å². The minimum Gasteiger partial charge on any atom is -0.381 e. The average molecular weight is 326 g/mol. The van der Waals surface area contributed by atoms with Crippen LogP contribution in [0.25, 0.3) is 0 Å². The lowest BCUT2D eigenvalue weighted by Crippen LogP contribution is -2.53. The van der Waals surface area contributed by atoms with Crippen molar-refractivity contribution in [1.82, 2.24) is 0 Å². The minimum atomic E-state index is -1.19. The highest BCUT2D eigenvalue weighted by atomic mass is 16.3. The van der Waals surface area contributed by atoms with Crippen LogP contribution in [0.2, 0.25) is 0 Å². The summed E-state index contributed by atoms with van der Waals surface area (Å²) >= 11 is 0. The van der Waals surface area contributed by atoms with E-state index >= 15 is 0 Å². The molecule has 2 unspecified atom stereocenters. The molecule has 0 aliphatic heterocycles. The van der Waals surface area contributed by atoms with E-state index in [0.717, 1.165) is 25.7 Å². The summed E-state index contributed by atoms with van der Waals surface area (Å²) in [6.45, 7) is 5.85. The number of ketones is 2. The third-order valence-electron chi connectivity index (χ3n) is 7.68. The second-order valence-corrected chi connectivity index (χ2v) is 8.60. The van der Waals surface area contributed by atoms with Crippen LogP contribution in [-0.2, 0) is 9.59 Å². The number of allylic oxidation sites excluding steroid dienone is 6. The van der Waals surface area contributed by atoms with Crippen LogP contribution in [0.3, 0.4) is 0 Å². The van der Waals surface area contributed by atoms with Crippen LogP contribution >= 0.6 is 0 Å². The van der Waals surface area contributed by atoms with Crippen LogP contribution in [0.1, 0.15) is 52.9 Å². The molecule has 2 fully saturated rings. The minimum absolute atomic E-state index is 0.0879. The number of aliphatic hydroxyl groups is 1. The molecular weight excluding hydrogens is 300 g/mol. The summed E-state index contributed by atoms with van der Waals surface area (Å²) < 4.78 is 0. The Bertz CT molecular complexity index is 727. The first kappa shape index (κ1) is 16.0. The standard InChI is InChI=1S/C21H26O3/c1-13(22)21(24)11-8-18-16-5-4-14-12-15(23)6-9-19(14,2)17(16)7-10-20(18,21)3/h6-7,9,12,16,18,24H,4-5,8,10-11H2,1-3H3/t16?,18?,19-,20-,21-/m0/s1. The van der Waals surface area contributed by atoms with Crippen molar-refractivity contribution < 1.29 is 14.7 Å². The largest absolute Gasteiger partial charge is 0.381 e. The van der Waals surface area contributed by atoms with Gasteiger partial charge >= 0.3 is 0 Å². The molecule has 0 aromatic rings. The van der Waals surface area contributed by atoms with Gasteiger partial charge in [-0.2, -0.15) is 0 Å². The molecule has 3 heteroatoms. The van der Waals surface area contributed by atoms with E-state index in [1.165, 1.54) is 18.1 Å². The lowest BCUT2D eigenvalue weighted by Gasteiger charge is -2.53. The smallest absolute Gasteiger partial charge is 0.178 e. The maximum absolute atomic E-state index is 12.2. The van der Waals surface area contributed by atoms with Crippen LogP contribution in [-0.4, -0.2) is 22.3 Å². The second-order valence-electron chi connectivity index (χ2n) is 8.60. The van der Waals surface area contributed by atoms with Crippen LogP contribution in [0.15, 0.2) is 35.5 Å². The fourth-order valence-corrected chi connectivity index (χ4v) is 6.11. The van der Waals surface area contributed by atoms with Gasteiger partial charge < -0.3 is 5.11 Å². The van der Waals surface area contributed by atoms with Crippen molar-refractivity contribution in [2.75, 3.05) is 0 Å². The molecule has 0 heterocycles. The number of Topliss-reactive ketones (excluding diaryl/α,β-unsaturated/α-hetero) is 1. The fraction of sp³-hybridized carbons (Fsp3) is 0.619. The molecule has 1 N–H and O–H groups in total. The summed E-state index contributed by atoms with van der Waals surface area (Å²) in [6.07, 6.45) is 12.0. The van der Waals surface area contributed by atoms with Crippen molar-refractivity contribution in [3.63, 3.8) is 0 Å². The fourth-order valence-electron chi connectivity index (χ4n) is 6.11. The van der Waals surface area contributed by atoms with E-state index in [2.05, 4.69) is 26.0 Å². The van der Waals surface area contributed by atoms with Gasteiger partial charge in [-0.15, -0.1) is 0 Å². The maximum Gasteiger partial charge on any atom is 0.178 e. The third kappa shape index (κ3) is 1.77. The number of carbonyl (C=O) groups excluding carboxylic acids is 2. The molecule has 24 heavy (non-hydrogen) atoms. The molecule has 0 aromatic heterocycles. The van der Waals surface area contributed by atoms with Crippen LogP contribution in [0.4, 0.5) is 0 Å². The number of hydrogen-bond acceptors (Lipinski definition) is 3. The summed E-state index contributed by atoms with van der Waals surface area (Å²) in [5.74, 6) is 0.747. The van der Waals surface area contributed by atoms with E-state index in [1.54, 1.807) is 6.08 Å². The molecule has 4 aliphatic rings. The Hall–Kier alpha value is -1.48. The van der Waals surface area contributed by atoms with Crippen molar-refractivity contribution >= 4 is 11.6 Å². The molecule has 0 saturated heterocycles. The quantitative estimate of drug-likeness (QED) is 0.750. The molecule has 0 spiro atoms. The van der Waals surface area contributed by atoms with Gasteiger partial charge in [0.05, 0.1) is 0 Å². The average Bonchev–Trinajstić information content (AvgIpc) is 2.81. The van der Waals surface area contributed by atoms with Gasteiger partial charge in [-0.05, 0) is 69.9 Å². The Morgan fingerprint density at radius 3 is 2.75 bits per heavy atom. The summed E-state index contributed by atoms with van der Waals surface area (Å²) in [6, 6.07) is 0. The molecule has 0 bridgehead atoms. The topological polar surface area (TPSA) is 54.4 Å². The number of hydrogen-bond donors (Lipinski definition) is 1. The molecule has 4 aliphatic carbocycles. The Morgan fingerprint density at radius 2 is 2.04 bits per heavy atom. The summed E-state index contributed by atoms with van der Waals surface area (Å²) in [7, 11) is 0. The first-order valence-electron chi connectivity index (χ1n) is 9.10. The van der Waals surface area contributed by atoms with Crippen molar-refractivity contribution in [1.29, 1.82) is 0 Å². The van der Waals surface area contributed by atoms with Crippen LogP contribution in [0.5, 0.6) is 0 Å². The Morgan fingerprint density at radius 1 is 1.29 bits per heavy atom. The molecule has 3 nitrogen and oxygen atoms in total. The van der Waals surface area contributed by atoms with Crippen molar-refractivity contribution in [3.8, 4) is 0 Å². The molecule has 0 aromatic carbocycles. The van der Waals surface area contributed by atoms with E-state index in [0.29, 0.717) is 18.3 Å². The van der Waals surface area contributed by atoms with Crippen molar-refractivity contribution in [3.05, 3.63) is 35.5 Å². The first-order chi connectivity index (χ1) is 11.2. The normalized spacial score (nSPS) is 46.6. The predicted octanol–water partition coefficient (Wildman–Crippen LogP) is 3.53. The third-order valence-corrected chi connectivity index (χ3v) is 7.68. The SMILES string of the molecule is CC(=O)[C@@]1(O)CCC2C3CCC4=CC(=O)C=C[C@]4(C)C3=CC[C@@]21C. The Kier molecular flexibility index (Phi) is 3.19. The van der Waals surface area contributed by atoms with Gasteiger partial charge in [-0.1, -0.05) is 30.2 Å². The molecule has 0 radical (unpaired) electrons. The highest BCUT2D eigenvalue weighted by Gasteiger charge is 2.63. The van der Waals surface area contributed by atoms with Crippen molar-refractivity contribution in [2.24, 2.45) is 22.7 Å². The summed E-state index contributed by atoms with van der Waals surface area (Å²) in [5.41, 5.74) is 0.920. The zero-order chi connectivity index (χ0) is 17.3. The Balaban J connectivity index is 1.79. The predicted molar refractivity (Wildman–Crippen MR) is 92.2 cm³/mol. The molecule has 0 amide bonds. The van der Waals surface area contributed by atoms with Gasteiger partial charge in [0.25, 0.3) is 0 Å². The van der Waals surface area contributed by atoms with E-state index < -0.39 is 5.60 Å². The maximum atomic E-state index is 12.2. The van der Waals surface area contributed by atoms with Crippen LogP contribution in [0, 0.1) is 22.7 Å². The van der Waals surface area contributed by atoms with Gasteiger partial charge in [-0.3, -0.25) is 9.59 Å². The number of fused-ring (bicyclic) bond motifs is 5. The highest BCUT2D eigenvalue weighted by Crippen LogP contribution is 2.64. The van der Waals surface area contributed by atoms with Gasteiger partial charge in [0.15, 0.2) is 11.6 Å². The lowest BCUT2D eigenvalue weighted by atomic mass is 9.51. The van der Waals surface area contributed by atoms with E-state index in [4.69, 9.17) is 0 Å². The second kappa shape index (κ2) is 4.78. The molecule has 4 rings (SSSR count). The van der Waals surface area contributed by atoms with Gasteiger partial charge in [0.2, 0.25) is 0 Å². The zero-order valence-electron chi connectivity index (χ0n) is 14.8. The zero-order valence-corrected chi connectivity index (χ0v) is 14.8. The first-order valence-corrected chi connectivity index (χ1v) is 9.10.